The second kappa shape index (κ2) is 7.35. The topological polar surface area (TPSA) is 67.9 Å². The molecule has 0 bridgehead atoms. The van der Waals surface area contributed by atoms with Crippen molar-refractivity contribution in [2.75, 3.05) is 32.6 Å². The number of hydrogen-bond donors (Lipinski definition) is 1. The first-order valence-electron chi connectivity index (χ1n) is 7.76. The van der Waals surface area contributed by atoms with E-state index in [-0.39, 0.29) is 0 Å². The number of nitrogens with zero attached hydrogens (tertiary/aromatic N) is 1. The lowest BCUT2D eigenvalue weighted by Gasteiger charge is -2.34. The molecular weight excluding hydrogens is 296 g/mol. The van der Waals surface area contributed by atoms with Crippen LogP contribution in [0.5, 0.6) is 11.5 Å². The van der Waals surface area contributed by atoms with Crippen molar-refractivity contribution >= 4 is 17.5 Å². The zero-order valence-electron chi connectivity index (χ0n) is 14.1. The highest BCUT2D eigenvalue weighted by atomic mass is 16.5. The molecule has 2 rings (SSSR count). The Morgan fingerprint density at radius 2 is 1.70 bits per heavy atom. The lowest BCUT2D eigenvalue weighted by atomic mass is 9.92. The highest BCUT2D eigenvalue weighted by molar-refractivity contribution is 6.39. The van der Waals surface area contributed by atoms with Gasteiger partial charge in [-0.05, 0) is 30.4 Å². The minimum Gasteiger partial charge on any atom is -0.493 e. The molecule has 1 aromatic rings. The molecule has 6 nitrogen and oxygen atoms in total. The molecule has 2 amide bonds. The van der Waals surface area contributed by atoms with Crippen molar-refractivity contribution in [3.8, 4) is 11.5 Å². The van der Waals surface area contributed by atoms with Crippen LogP contribution in [0, 0.1) is 11.8 Å². The number of rotatable bonds is 3. The summed E-state index contributed by atoms with van der Waals surface area (Å²) in [7, 11) is 3.06. The van der Waals surface area contributed by atoms with E-state index in [0.717, 1.165) is 6.42 Å². The molecule has 1 aliphatic rings. The third kappa shape index (κ3) is 4.15. The second-order valence-electron chi connectivity index (χ2n) is 6.18. The van der Waals surface area contributed by atoms with Crippen LogP contribution in [0.15, 0.2) is 18.2 Å². The first-order chi connectivity index (χ1) is 10.9. The monoisotopic (exact) mass is 320 g/mol. The molecule has 1 N–H and O–H groups in total. The van der Waals surface area contributed by atoms with Crippen LogP contribution in [0.2, 0.25) is 0 Å². The van der Waals surface area contributed by atoms with Crippen molar-refractivity contribution in [3.05, 3.63) is 18.2 Å². The van der Waals surface area contributed by atoms with E-state index in [9.17, 15) is 9.59 Å². The zero-order valence-corrected chi connectivity index (χ0v) is 14.1. The minimum absolute atomic E-state index is 0.414. The van der Waals surface area contributed by atoms with Crippen molar-refractivity contribution in [2.24, 2.45) is 11.8 Å². The van der Waals surface area contributed by atoms with Gasteiger partial charge >= 0.3 is 11.8 Å². The van der Waals surface area contributed by atoms with Crippen LogP contribution in [-0.4, -0.2) is 44.0 Å². The predicted octanol–water partition coefficient (Wildman–Crippen LogP) is 2.15. The molecule has 0 aromatic heterocycles. The van der Waals surface area contributed by atoms with Crippen molar-refractivity contribution in [1.82, 2.24) is 4.90 Å². The number of anilines is 1. The van der Waals surface area contributed by atoms with Gasteiger partial charge < -0.3 is 19.7 Å². The Morgan fingerprint density at radius 1 is 1.09 bits per heavy atom. The Balaban J connectivity index is 2.05. The first kappa shape index (κ1) is 17.1. The largest absolute Gasteiger partial charge is 0.493 e. The van der Waals surface area contributed by atoms with E-state index >= 15 is 0 Å². The number of carbonyl (C=O) groups is 2. The summed E-state index contributed by atoms with van der Waals surface area (Å²) in [6, 6.07) is 4.99. The molecule has 1 saturated heterocycles. The molecule has 0 aliphatic carbocycles. The molecule has 0 saturated carbocycles. The summed E-state index contributed by atoms with van der Waals surface area (Å²) in [4.78, 5) is 26.2. The molecule has 0 spiro atoms. The van der Waals surface area contributed by atoms with Gasteiger partial charge in [-0.25, -0.2) is 0 Å². The van der Waals surface area contributed by atoms with Gasteiger partial charge in [0.05, 0.1) is 14.2 Å². The average Bonchev–Trinajstić information content (AvgIpc) is 2.52. The molecule has 1 heterocycles. The van der Waals surface area contributed by atoms with E-state index in [1.165, 1.54) is 7.11 Å². The van der Waals surface area contributed by atoms with Gasteiger partial charge in [0.25, 0.3) is 0 Å². The Morgan fingerprint density at radius 3 is 2.26 bits per heavy atom. The molecule has 126 valence electrons. The third-order valence-corrected chi connectivity index (χ3v) is 3.99. The molecule has 2 unspecified atom stereocenters. The van der Waals surface area contributed by atoms with Crippen molar-refractivity contribution in [1.29, 1.82) is 0 Å². The van der Waals surface area contributed by atoms with E-state index < -0.39 is 11.8 Å². The number of ether oxygens (including phenoxy) is 2. The molecule has 1 aliphatic heterocycles. The van der Waals surface area contributed by atoms with Crippen LogP contribution in [-0.2, 0) is 9.59 Å². The van der Waals surface area contributed by atoms with Crippen LogP contribution in [0.4, 0.5) is 5.69 Å². The summed E-state index contributed by atoms with van der Waals surface area (Å²) in [5.74, 6) is 0.776. The summed E-state index contributed by atoms with van der Waals surface area (Å²) in [5, 5.41) is 2.63. The highest BCUT2D eigenvalue weighted by Gasteiger charge is 2.29. The van der Waals surface area contributed by atoms with Gasteiger partial charge in [0.1, 0.15) is 0 Å². The first-order valence-corrected chi connectivity index (χ1v) is 7.76. The molecule has 1 aromatic carbocycles. The summed E-state index contributed by atoms with van der Waals surface area (Å²) in [6.45, 7) is 5.45. The Bertz CT molecular complexity index is 578. The normalized spacial score (nSPS) is 20.8. The zero-order chi connectivity index (χ0) is 17.0. The van der Waals surface area contributed by atoms with E-state index in [4.69, 9.17) is 9.47 Å². The van der Waals surface area contributed by atoms with E-state index in [2.05, 4.69) is 19.2 Å². The fourth-order valence-corrected chi connectivity index (χ4v) is 3.07. The van der Waals surface area contributed by atoms with Gasteiger partial charge in [-0.1, -0.05) is 13.8 Å². The number of nitrogens with one attached hydrogen (secondary N) is 1. The van der Waals surface area contributed by atoms with Crippen LogP contribution >= 0.6 is 0 Å². The highest BCUT2D eigenvalue weighted by Crippen LogP contribution is 2.29. The number of likely N-dealkylation sites (tertiary alicyclic amines) is 1. The maximum absolute atomic E-state index is 12.3. The van der Waals surface area contributed by atoms with Crippen LogP contribution in [0.1, 0.15) is 20.3 Å². The SMILES string of the molecule is COc1ccc(NC(=O)C(=O)N2CC(C)CC(C)C2)cc1OC. The van der Waals surface area contributed by atoms with Gasteiger partial charge in [-0.15, -0.1) is 0 Å². The van der Waals surface area contributed by atoms with E-state index in [0.29, 0.717) is 42.1 Å². The molecular formula is C17H24N2O4. The van der Waals surface area contributed by atoms with Gasteiger partial charge in [0.15, 0.2) is 11.5 Å². The van der Waals surface area contributed by atoms with Gasteiger partial charge in [0, 0.05) is 24.8 Å². The Labute approximate surface area is 136 Å². The smallest absolute Gasteiger partial charge is 0.313 e. The number of amides is 2. The van der Waals surface area contributed by atoms with Crippen molar-refractivity contribution < 1.29 is 19.1 Å². The molecule has 23 heavy (non-hydrogen) atoms. The molecule has 1 fully saturated rings. The lowest BCUT2D eigenvalue weighted by Crippen LogP contribution is -2.47. The average molecular weight is 320 g/mol. The van der Waals surface area contributed by atoms with Crippen LogP contribution < -0.4 is 14.8 Å². The summed E-state index contributed by atoms with van der Waals surface area (Å²) in [6.07, 6.45) is 1.08. The fraction of sp³-hybridized carbons (Fsp3) is 0.529. The number of hydrogen-bond acceptors (Lipinski definition) is 4. The standard InChI is InChI=1S/C17H24N2O4/c1-11-7-12(2)10-19(9-11)17(21)16(20)18-13-5-6-14(22-3)15(8-13)23-4/h5-6,8,11-12H,7,9-10H2,1-4H3,(H,18,20). The maximum atomic E-state index is 12.3. The molecule has 6 heteroatoms. The number of methoxy groups -OCH3 is 2. The third-order valence-electron chi connectivity index (χ3n) is 3.99. The van der Waals surface area contributed by atoms with Gasteiger partial charge in [0.2, 0.25) is 0 Å². The van der Waals surface area contributed by atoms with Gasteiger partial charge in [-0.3, -0.25) is 9.59 Å². The summed E-state index contributed by atoms with van der Waals surface area (Å²) in [5.41, 5.74) is 0.499. The van der Waals surface area contributed by atoms with Crippen LogP contribution in [0.3, 0.4) is 0 Å². The number of piperidine rings is 1. The summed E-state index contributed by atoms with van der Waals surface area (Å²) >= 11 is 0. The Hall–Kier alpha value is -2.24. The Kier molecular flexibility index (Phi) is 5.47. The lowest BCUT2D eigenvalue weighted by molar-refractivity contribution is -0.144. The molecule has 2 atom stereocenters. The van der Waals surface area contributed by atoms with Crippen molar-refractivity contribution in [3.63, 3.8) is 0 Å². The van der Waals surface area contributed by atoms with Crippen LogP contribution in [0.25, 0.3) is 0 Å². The fourth-order valence-electron chi connectivity index (χ4n) is 3.07. The number of carbonyl (C=O) groups excluding carboxylic acids is 2. The molecule has 0 radical (unpaired) electrons. The predicted molar refractivity (Wildman–Crippen MR) is 87.7 cm³/mol. The second-order valence-corrected chi connectivity index (χ2v) is 6.18. The maximum Gasteiger partial charge on any atom is 0.313 e. The number of benzene rings is 1. The van der Waals surface area contributed by atoms with Gasteiger partial charge in [-0.2, -0.15) is 0 Å². The minimum atomic E-state index is -0.626. The van der Waals surface area contributed by atoms with E-state index in [1.54, 1.807) is 30.2 Å². The quantitative estimate of drug-likeness (QED) is 0.867. The van der Waals surface area contributed by atoms with Crippen molar-refractivity contribution in [2.45, 2.75) is 20.3 Å². The summed E-state index contributed by atoms with van der Waals surface area (Å²) < 4.78 is 10.3. The van der Waals surface area contributed by atoms with E-state index in [1.807, 2.05) is 0 Å².